The van der Waals surface area contributed by atoms with E-state index in [9.17, 15) is 24.3 Å². The Morgan fingerprint density at radius 1 is 0.855 bits per heavy atom. The molecule has 1 aliphatic heterocycles. The molecule has 284 valence electrons. The minimum absolute atomic E-state index is 0.0306. The van der Waals surface area contributed by atoms with Crippen LogP contribution in [0.15, 0.2) is 133 Å². The summed E-state index contributed by atoms with van der Waals surface area (Å²) >= 11 is 0. The molecule has 2 aliphatic rings. The molecule has 55 heavy (non-hydrogen) atoms. The summed E-state index contributed by atoms with van der Waals surface area (Å²) in [6, 6.07) is 34.1. The molecule has 1 fully saturated rings. The highest BCUT2D eigenvalue weighted by molar-refractivity contribution is 5.98. The molecule has 3 amide bonds. The Bertz CT molecular complexity index is 1990. The quantitative estimate of drug-likeness (QED) is 0.151. The zero-order valence-electron chi connectivity index (χ0n) is 31.0. The third-order valence-electron chi connectivity index (χ3n) is 9.72. The van der Waals surface area contributed by atoms with Crippen molar-refractivity contribution >= 4 is 29.8 Å². The molecule has 2 N–H and O–H groups in total. The van der Waals surface area contributed by atoms with Gasteiger partial charge in [0.1, 0.15) is 24.4 Å². The van der Waals surface area contributed by atoms with Gasteiger partial charge in [0.05, 0.1) is 12.2 Å². The van der Waals surface area contributed by atoms with Gasteiger partial charge >= 0.3 is 5.97 Å². The number of benzene rings is 4. The molecule has 1 heterocycles. The van der Waals surface area contributed by atoms with Crippen LogP contribution in [0.5, 0.6) is 0 Å². The maximum absolute atomic E-state index is 14.5. The third-order valence-corrected chi connectivity index (χ3v) is 9.72. The number of hydrogen-bond donors (Lipinski definition) is 2. The number of amides is 3. The van der Waals surface area contributed by atoms with Gasteiger partial charge in [0, 0.05) is 63.3 Å². The average Bonchev–Trinajstić information content (AvgIpc) is 3.63. The molecule has 0 bridgehead atoms. The van der Waals surface area contributed by atoms with Crippen molar-refractivity contribution in [2.75, 3.05) is 34.3 Å². The van der Waals surface area contributed by atoms with E-state index in [4.69, 9.17) is 14.2 Å². The van der Waals surface area contributed by atoms with Crippen molar-refractivity contribution in [1.82, 2.24) is 15.1 Å². The Balaban J connectivity index is 1.37. The highest BCUT2D eigenvalue weighted by Crippen LogP contribution is 2.47. The summed E-state index contributed by atoms with van der Waals surface area (Å²) in [4.78, 5) is 57.2. The standard InChI is InChI=1S/C44H45N3O8/c1-46(2)39(49)24-23-31-17-13-14-22-35(31)43(52)53-37-28-32(42(51)47(3)36(41(50)45-25-26-48)27-30-15-7-4-8-16-30)29-38-40(37)55-44(54-38,33-18-9-5-10-19-33)34-20-11-6-12-21-34/h4-24,29,36-38,40,48H,25-28H2,1-3H3,(H,45,50). The first-order chi connectivity index (χ1) is 26.6. The van der Waals surface area contributed by atoms with E-state index >= 15 is 0 Å². The number of nitrogens with one attached hydrogen (secondary N) is 1. The molecule has 0 spiro atoms. The molecule has 6 rings (SSSR count). The van der Waals surface area contributed by atoms with Crippen LogP contribution in [0.4, 0.5) is 0 Å². The largest absolute Gasteiger partial charge is 0.456 e. The van der Waals surface area contributed by atoms with Crippen LogP contribution in [0.1, 0.15) is 39.0 Å². The molecule has 1 saturated heterocycles. The van der Waals surface area contributed by atoms with Crippen LogP contribution < -0.4 is 5.32 Å². The molecule has 4 unspecified atom stereocenters. The van der Waals surface area contributed by atoms with Gasteiger partial charge in [-0.15, -0.1) is 0 Å². The predicted molar refractivity (Wildman–Crippen MR) is 206 cm³/mol. The Kier molecular flexibility index (Phi) is 12.4. The van der Waals surface area contributed by atoms with Crippen molar-refractivity contribution in [2.24, 2.45) is 0 Å². The van der Waals surface area contributed by atoms with Crippen LogP contribution in [0.3, 0.4) is 0 Å². The van der Waals surface area contributed by atoms with Gasteiger partial charge in [-0.25, -0.2) is 4.79 Å². The summed E-state index contributed by atoms with van der Waals surface area (Å²) in [5, 5.41) is 12.1. The molecule has 0 aromatic heterocycles. The lowest BCUT2D eigenvalue weighted by molar-refractivity contribution is -0.157. The van der Waals surface area contributed by atoms with Gasteiger partial charge in [0.25, 0.3) is 0 Å². The van der Waals surface area contributed by atoms with Gasteiger partial charge in [-0.3, -0.25) is 14.4 Å². The highest BCUT2D eigenvalue weighted by atomic mass is 16.8. The smallest absolute Gasteiger partial charge is 0.339 e. The number of carbonyl (C=O) groups excluding carboxylic acids is 4. The fraction of sp³-hybridized carbons (Fsp3) is 0.273. The lowest BCUT2D eigenvalue weighted by atomic mass is 9.90. The molecular formula is C44H45N3O8. The summed E-state index contributed by atoms with van der Waals surface area (Å²) < 4.78 is 20.0. The molecule has 4 aromatic carbocycles. The molecule has 0 saturated carbocycles. The second-order valence-corrected chi connectivity index (χ2v) is 13.6. The van der Waals surface area contributed by atoms with E-state index in [1.165, 1.54) is 15.9 Å². The zero-order valence-corrected chi connectivity index (χ0v) is 31.0. The van der Waals surface area contributed by atoms with Crippen LogP contribution in [0.25, 0.3) is 6.08 Å². The summed E-state index contributed by atoms with van der Waals surface area (Å²) in [7, 11) is 4.83. The molecule has 4 atom stereocenters. The molecule has 11 nitrogen and oxygen atoms in total. The maximum Gasteiger partial charge on any atom is 0.339 e. The van der Waals surface area contributed by atoms with E-state index in [0.717, 1.165) is 5.56 Å². The first-order valence-corrected chi connectivity index (χ1v) is 18.2. The van der Waals surface area contributed by atoms with Crippen molar-refractivity contribution in [1.29, 1.82) is 0 Å². The number of rotatable bonds is 13. The molecule has 4 aromatic rings. The fourth-order valence-corrected chi connectivity index (χ4v) is 6.83. The zero-order chi connectivity index (χ0) is 39.0. The van der Waals surface area contributed by atoms with Crippen molar-refractivity contribution in [3.05, 3.63) is 161 Å². The first kappa shape index (κ1) is 38.8. The molecule has 1 aliphatic carbocycles. The van der Waals surface area contributed by atoms with E-state index in [-0.39, 0.29) is 43.0 Å². The monoisotopic (exact) mass is 743 g/mol. The van der Waals surface area contributed by atoms with E-state index in [2.05, 4.69) is 5.32 Å². The third kappa shape index (κ3) is 8.76. The minimum atomic E-state index is -1.41. The Morgan fingerprint density at radius 2 is 1.45 bits per heavy atom. The Labute approximate surface area is 320 Å². The van der Waals surface area contributed by atoms with E-state index < -0.39 is 47.9 Å². The van der Waals surface area contributed by atoms with Crippen LogP contribution in [-0.4, -0.2) is 97.2 Å². The van der Waals surface area contributed by atoms with E-state index in [1.54, 1.807) is 57.6 Å². The summed E-state index contributed by atoms with van der Waals surface area (Å²) in [6.07, 6.45) is 2.15. The molecule has 11 heteroatoms. The number of ether oxygens (including phenoxy) is 3. The van der Waals surface area contributed by atoms with Crippen LogP contribution in [0, 0.1) is 0 Å². The van der Waals surface area contributed by atoms with Gasteiger partial charge in [0.2, 0.25) is 23.5 Å². The number of fused-ring (bicyclic) bond motifs is 1. The van der Waals surface area contributed by atoms with E-state index in [0.29, 0.717) is 16.7 Å². The number of aliphatic hydroxyl groups excluding tert-OH is 1. The topological polar surface area (TPSA) is 135 Å². The SMILES string of the molecule is CN(C)C(=O)C=Cc1ccccc1C(=O)OC1CC(C(=O)N(C)C(Cc2ccccc2)C(=O)NCCO)=CC2OC(c3ccccc3)(c3ccccc3)OC21. The van der Waals surface area contributed by atoms with Crippen LogP contribution in [0.2, 0.25) is 0 Å². The van der Waals surface area contributed by atoms with Crippen LogP contribution >= 0.6 is 0 Å². The average molecular weight is 744 g/mol. The number of likely N-dealkylation sites (N-methyl/N-ethyl adjacent to an activating group) is 2. The van der Waals surface area contributed by atoms with Gasteiger partial charge in [0.15, 0.2) is 0 Å². The Morgan fingerprint density at radius 3 is 2.07 bits per heavy atom. The van der Waals surface area contributed by atoms with Gasteiger partial charge in [-0.1, -0.05) is 109 Å². The number of esters is 1. The normalized spacial score (nSPS) is 19.1. The van der Waals surface area contributed by atoms with Crippen LogP contribution in [-0.2, 0) is 40.8 Å². The predicted octanol–water partition coefficient (Wildman–Crippen LogP) is 4.51. The Hall–Kier alpha value is -5.88. The lowest BCUT2D eigenvalue weighted by Gasteiger charge is -2.33. The number of hydrogen-bond acceptors (Lipinski definition) is 8. The van der Waals surface area contributed by atoms with Gasteiger partial charge < -0.3 is 34.4 Å². The minimum Gasteiger partial charge on any atom is -0.456 e. The van der Waals surface area contributed by atoms with Crippen molar-refractivity contribution in [3.8, 4) is 0 Å². The second kappa shape index (κ2) is 17.5. The summed E-state index contributed by atoms with van der Waals surface area (Å²) in [5.74, 6) is -3.20. The van der Waals surface area contributed by atoms with E-state index in [1.807, 2.05) is 91.0 Å². The van der Waals surface area contributed by atoms with Crippen molar-refractivity contribution < 1.29 is 38.5 Å². The lowest BCUT2D eigenvalue weighted by Crippen LogP contribution is -2.51. The number of aliphatic hydroxyl groups is 1. The summed E-state index contributed by atoms with van der Waals surface area (Å²) in [5.41, 5.74) is 3.25. The molecular weight excluding hydrogens is 698 g/mol. The fourth-order valence-electron chi connectivity index (χ4n) is 6.83. The first-order valence-electron chi connectivity index (χ1n) is 18.2. The second-order valence-electron chi connectivity index (χ2n) is 13.6. The highest BCUT2D eigenvalue weighted by Gasteiger charge is 2.55. The maximum atomic E-state index is 14.5. The number of carbonyl (C=O) groups is 4. The number of nitrogens with zero attached hydrogens (tertiary/aromatic N) is 2. The van der Waals surface area contributed by atoms with Crippen molar-refractivity contribution in [2.45, 2.75) is 43.0 Å². The summed E-state index contributed by atoms with van der Waals surface area (Å²) in [6.45, 7) is -0.224. The van der Waals surface area contributed by atoms with Gasteiger partial charge in [-0.2, -0.15) is 0 Å². The molecule has 0 radical (unpaired) electrons. The van der Waals surface area contributed by atoms with Crippen molar-refractivity contribution in [3.63, 3.8) is 0 Å². The van der Waals surface area contributed by atoms with Gasteiger partial charge in [-0.05, 0) is 29.3 Å².